The molecule has 0 aliphatic heterocycles. The van der Waals surface area contributed by atoms with Gasteiger partial charge in [-0.15, -0.1) is 0 Å². The van der Waals surface area contributed by atoms with Gasteiger partial charge < -0.3 is 10.4 Å². The van der Waals surface area contributed by atoms with Crippen LogP contribution in [0.4, 0.5) is 4.39 Å². The third kappa shape index (κ3) is 8.23. The molecule has 15 heavy (non-hydrogen) atoms. The number of rotatable bonds is 8. The molecule has 1 atom stereocenters. The second kappa shape index (κ2) is 8.52. The van der Waals surface area contributed by atoms with Crippen molar-refractivity contribution in [1.82, 2.24) is 5.32 Å². The minimum Gasteiger partial charge on any atom is -0.480 e. The lowest BCUT2D eigenvalue weighted by Crippen LogP contribution is -2.39. The number of carbonyl (C=O) groups is 2. The lowest BCUT2D eigenvalue weighted by molar-refractivity contribution is -0.141. The summed E-state index contributed by atoms with van der Waals surface area (Å²) < 4.78 is 11.7. The summed E-state index contributed by atoms with van der Waals surface area (Å²) >= 11 is 1.50. The molecule has 0 saturated heterocycles. The fourth-order valence-electron chi connectivity index (χ4n) is 0.963. The zero-order chi connectivity index (χ0) is 11.7. The summed E-state index contributed by atoms with van der Waals surface area (Å²) in [5.74, 6) is -0.0902. The van der Waals surface area contributed by atoms with E-state index in [9.17, 15) is 14.0 Å². The molecule has 0 bridgehead atoms. The Morgan fingerprint density at radius 1 is 1.47 bits per heavy atom. The Morgan fingerprint density at radius 3 is 2.60 bits per heavy atom. The van der Waals surface area contributed by atoms with E-state index < -0.39 is 12.0 Å². The molecule has 0 fully saturated rings. The topological polar surface area (TPSA) is 66.4 Å². The first kappa shape index (κ1) is 14.2. The van der Waals surface area contributed by atoms with E-state index in [2.05, 4.69) is 5.32 Å². The minimum atomic E-state index is -1.03. The Bertz CT molecular complexity index is 214. The standard InChI is InChI=1S/C9H16FNO3S/c1-7(12)11-8(9(13)14)3-6-15-5-2-4-10/h8H,2-6H2,1H3,(H,11,12)(H,13,14). The molecule has 0 heterocycles. The third-order valence-electron chi connectivity index (χ3n) is 1.65. The lowest BCUT2D eigenvalue weighted by Gasteiger charge is -2.12. The number of carboxylic acids is 1. The Hall–Kier alpha value is -0.780. The molecule has 0 spiro atoms. The van der Waals surface area contributed by atoms with Crippen molar-refractivity contribution in [2.24, 2.45) is 0 Å². The Balaban J connectivity index is 3.67. The number of alkyl halides is 1. The number of amides is 1. The maximum Gasteiger partial charge on any atom is 0.326 e. The number of carboxylic acid groups (broad SMARTS) is 1. The van der Waals surface area contributed by atoms with E-state index in [0.717, 1.165) is 0 Å². The quantitative estimate of drug-likeness (QED) is 0.619. The predicted molar refractivity (Wildman–Crippen MR) is 57.8 cm³/mol. The van der Waals surface area contributed by atoms with E-state index in [0.29, 0.717) is 24.3 Å². The van der Waals surface area contributed by atoms with Gasteiger partial charge in [0.05, 0.1) is 6.67 Å². The van der Waals surface area contributed by atoms with E-state index in [-0.39, 0.29) is 12.6 Å². The summed E-state index contributed by atoms with van der Waals surface area (Å²) in [7, 11) is 0. The van der Waals surface area contributed by atoms with Gasteiger partial charge in [-0.05, 0) is 24.3 Å². The highest BCUT2D eigenvalue weighted by Crippen LogP contribution is 2.07. The molecule has 1 amide bonds. The second-order valence-corrected chi connectivity index (χ2v) is 4.26. The summed E-state index contributed by atoms with van der Waals surface area (Å²) in [6.45, 7) is 0.938. The van der Waals surface area contributed by atoms with Crippen molar-refractivity contribution in [1.29, 1.82) is 0 Å². The lowest BCUT2D eigenvalue weighted by atomic mass is 10.2. The van der Waals surface area contributed by atoms with Gasteiger partial charge in [-0.1, -0.05) is 0 Å². The van der Waals surface area contributed by atoms with Gasteiger partial charge in [0.1, 0.15) is 6.04 Å². The zero-order valence-electron chi connectivity index (χ0n) is 8.66. The number of carbonyl (C=O) groups excluding carboxylic acids is 1. The second-order valence-electron chi connectivity index (χ2n) is 3.03. The van der Waals surface area contributed by atoms with Gasteiger partial charge in [-0.3, -0.25) is 9.18 Å². The summed E-state index contributed by atoms with van der Waals surface area (Å²) in [6.07, 6.45) is 0.856. The van der Waals surface area contributed by atoms with Crippen molar-refractivity contribution in [3.63, 3.8) is 0 Å². The molecular weight excluding hydrogens is 221 g/mol. The van der Waals surface area contributed by atoms with Crippen LogP contribution in [-0.4, -0.2) is 41.2 Å². The minimum absolute atomic E-state index is 0.346. The molecule has 6 heteroatoms. The summed E-state index contributed by atoms with van der Waals surface area (Å²) in [5.41, 5.74) is 0. The summed E-state index contributed by atoms with van der Waals surface area (Å²) in [5, 5.41) is 11.1. The summed E-state index contributed by atoms with van der Waals surface area (Å²) in [4.78, 5) is 21.3. The number of hydrogen-bond donors (Lipinski definition) is 2. The zero-order valence-corrected chi connectivity index (χ0v) is 9.48. The van der Waals surface area contributed by atoms with Gasteiger partial charge in [0.25, 0.3) is 0 Å². The normalized spacial score (nSPS) is 12.1. The highest BCUT2D eigenvalue weighted by molar-refractivity contribution is 7.99. The van der Waals surface area contributed by atoms with Gasteiger partial charge in [0.15, 0.2) is 0 Å². The molecule has 0 saturated carbocycles. The van der Waals surface area contributed by atoms with Crippen molar-refractivity contribution in [2.45, 2.75) is 25.8 Å². The van der Waals surface area contributed by atoms with Gasteiger partial charge in [-0.25, -0.2) is 4.79 Å². The van der Waals surface area contributed by atoms with Crippen molar-refractivity contribution < 1.29 is 19.1 Å². The molecule has 0 aromatic rings. The van der Waals surface area contributed by atoms with Gasteiger partial charge in [0.2, 0.25) is 5.91 Å². The van der Waals surface area contributed by atoms with Crippen LogP contribution in [-0.2, 0) is 9.59 Å². The molecule has 4 nitrogen and oxygen atoms in total. The molecular formula is C9H16FNO3S. The first-order valence-corrected chi connectivity index (χ1v) is 5.87. The maximum absolute atomic E-state index is 11.7. The Kier molecular flexibility index (Phi) is 8.08. The number of halogens is 1. The van der Waals surface area contributed by atoms with Gasteiger partial charge in [-0.2, -0.15) is 11.8 Å². The molecule has 0 radical (unpaired) electrons. The largest absolute Gasteiger partial charge is 0.480 e. The predicted octanol–water partition coefficient (Wildman–Crippen LogP) is 1.06. The maximum atomic E-state index is 11.7. The fourth-order valence-corrected chi connectivity index (χ4v) is 1.88. The first-order chi connectivity index (χ1) is 7.07. The smallest absolute Gasteiger partial charge is 0.326 e. The van der Waals surface area contributed by atoms with Crippen molar-refractivity contribution in [3.05, 3.63) is 0 Å². The monoisotopic (exact) mass is 237 g/mol. The number of aliphatic carboxylic acids is 1. The van der Waals surface area contributed by atoms with Crippen molar-refractivity contribution >= 4 is 23.6 Å². The van der Waals surface area contributed by atoms with E-state index >= 15 is 0 Å². The SMILES string of the molecule is CC(=O)NC(CCSCCCF)C(=O)O. The molecule has 0 aromatic carbocycles. The van der Waals surface area contributed by atoms with Gasteiger partial charge >= 0.3 is 5.97 Å². The summed E-state index contributed by atoms with van der Waals surface area (Å²) in [6, 6.07) is -0.833. The van der Waals surface area contributed by atoms with Crippen LogP contribution in [0.25, 0.3) is 0 Å². The number of thioether (sulfide) groups is 1. The Morgan fingerprint density at radius 2 is 2.13 bits per heavy atom. The highest BCUT2D eigenvalue weighted by atomic mass is 32.2. The molecule has 88 valence electrons. The average molecular weight is 237 g/mol. The van der Waals surface area contributed by atoms with Crippen LogP contribution in [0.2, 0.25) is 0 Å². The average Bonchev–Trinajstić information content (AvgIpc) is 2.15. The van der Waals surface area contributed by atoms with Crippen LogP contribution in [0, 0.1) is 0 Å². The molecule has 2 N–H and O–H groups in total. The Labute approximate surface area is 92.6 Å². The van der Waals surface area contributed by atoms with Crippen LogP contribution in [0.5, 0.6) is 0 Å². The number of hydrogen-bond acceptors (Lipinski definition) is 3. The number of nitrogens with one attached hydrogen (secondary N) is 1. The molecule has 1 unspecified atom stereocenters. The molecule has 0 aliphatic carbocycles. The van der Waals surface area contributed by atoms with E-state index in [1.807, 2.05) is 0 Å². The molecule has 0 rings (SSSR count). The van der Waals surface area contributed by atoms with E-state index in [1.165, 1.54) is 18.7 Å². The fraction of sp³-hybridized carbons (Fsp3) is 0.778. The molecule has 0 aromatic heterocycles. The van der Waals surface area contributed by atoms with Gasteiger partial charge in [0, 0.05) is 6.92 Å². The first-order valence-electron chi connectivity index (χ1n) is 4.71. The van der Waals surface area contributed by atoms with Crippen LogP contribution in [0.15, 0.2) is 0 Å². The third-order valence-corrected chi connectivity index (χ3v) is 2.75. The van der Waals surface area contributed by atoms with Crippen molar-refractivity contribution in [3.8, 4) is 0 Å². The van der Waals surface area contributed by atoms with Crippen LogP contribution in [0.1, 0.15) is 19.8 Å². The van der Waals surface area contributed by atoms with E-state index in [1.54, 1.807) is 0 Å². The van der Waals surface area contributed by atoms with Crippen LogP contribution >= 0.6 is 11.8 Å². The van der Waals surface area contributed by atoms with Crippen molar-refractivity contribution in [2.75, 3.05) is 18.2 Å². The van der Waals surface area contributed by atoms with E-state index in [4.69, 9.17) is 5.11 Å². The highest BCUT2D eigenvalue weighted by Gasteiger charge is 2.17. The van der Waals surface area contributed by atoms with Crippen LogP contribution < -0.4 is 5.32 Å². The van der Waals surface area contributed by atoms with Crippen LogP contribution in [0.3, 0.4) is 0 Å². The molecule has 0 aliphatic rings.